The zero-order valence-corrected chi connectivity index (χ0v) is 9.82. The van der Waals surface area contributed by atoms with E-state index in [4.69, 9.17) is 16.8 Å². The molecular weight excluding hydrogens is 244 g/mol. The van der Waals surface area contributed by atoms with Crippen LogP contribution in [0.4, 0.5) is 5.82 Å². The Labute approximate surface area is 102 Å². The molecule has 0 bridgehead atoms. The van der Waals surface area contributed by atoms with Crippen molar-refractivity contribution in [2.24, 2.45) is 0 Å². The van der Waals surface area contributed by atoms with Crippen LogP contribution >= 0.6 is 11.6 Å². The number of fused-ring (bicyclic) bond motifs is 1. The van der Waals surface area contributed by atoms with Gasteiger partial charge in [-0.15, -0.1) is 0 Å². The molecule has 2 aromatic rings. The molecule has 0 radical (unpaired) electrons. The topological polar surface area (TPSA) is 78.7 Å². The third-order valence-electron chi connectivity index (χ3n) is 2.37. The molecule has 0 spiro atoms. The van der Waals surface area contributed by atoms with Gasteiger partial charge >= 0.3 is 0 Å². The molecule has 0 aliphatic carbocycles. The number of aromatic nitrogens is 2. The van der Waals surface area contributed by atoms with Gasteiger partial charge in [0.15, 0.2) is 0 Å². The lowest BCUT2D eigenvalue weighted by Crippen LogP contribution is -2.26. The Hall–Kier alpha value is -1.79. The molecule has 0 unspecified atom stereocenters. The number of nitrogens with one attached hydrogen (secondary N) is 2. The van der Waals surface area contributed by atoms with Crippen LogP contribution in [0.1, 0.15) is 5.69 Å². The average molecular weight is 255 g/mol. The lowest BCUT2D eigenvalue weighted by atomic mass is 10.4. The molecule has 3 N–H and O–H groups in total. The Morgan fingerprint density at radius 3 is 3.00 bits per heavy atom. The van der Waals surface area contributed by atoms with Crippen molar-refractivity contribution in [2.45, 2.75) is 6.92 Å². The summed E-state index contributed by atoms with van der Waals surface area (Å²) < 4.78 is 1.76. The van der Waals surface area contributed by atoms with Crippen molar-refractivity contribution in [1.82, 2.24) is 14.9 Å². The maximum absolute atomic E-state index is 10.9. The van der Waals surface area contributed by atoms with E-state index in [1.54, 1.807) is 16.5 Å². The number of carbonyl (C=O) groups is 1. The van der Waals surface area contributed by atoms with Crippen molar-refractivity contribution in [1.29, 1.82) is 0 Å². The predicted molar refractivity (Wildman–Crippen MR) is 63.4 cm³/mol. The number of hydrogen-bond acceptors (Lipinski definition) is 4. The molecule has 0 aliphatic heterocycles. The molecule has 0 atom stereocenters. The van der Waals surface area contributed by atoms with Crippen LogP contribution < -0.4 is 10.8 Å². The fourth-order valence-electron chi connectivity index (χ4n) is 1.56. The van der Waals surface area contributed by atoms with Gasteiger partial charge in [0.2, 0.25) is 0 Å². The first-order chi connectivity index (χ1) is 8.13. The Balaban J connectivity index is 2.33. The van der Waals surface area contributed by atoms with Crippen molar-refractivity contribution < 1.29 is 10.0 Å². The van der Waals surface area contributed by atoms with Crippen LogP contribution in [0.3, 0.4) is 0 Å². The van der Waals surface area contributed by atoms with Gasteiger partial charge < -0.3 is 5.32 Å². The molecular formula is C10H11ClN4O2. The van der Waals surface area contributed by atoms with E-state index in [-0.39, 0.29) is 6.54 Å². The van der Waals surface area contributed by atoms with Gasteiger partial charge in [0.25, 0.3) is 5.91 Å². The number of anilines is 1. The summed E-state index contributed by atoms with van der Waals surface area (Å²) in [5, 5.41) is 11.7. The highest BCUT2D eigenvalue weighted by molar-refractivity contribution is 6.29. The number of pyridine rings is 1. The highest BCUT2D eigenvalue weighted by Gasteiger charge is 2.10. The Bertz CT molecular complexity index is 567. The van der Waals surface area contributed by atoms with E-state index in [0.717, 1.165) is 5.69 Å². The molecule has 0 fully saturated rings. The van der Waals surface area contributed by atoms with E-state index >= 15 is 0 Å². The molecule has 90 valence electrons. The molecule has 6 nitrogen and oxygen atoms in total. The van der Waals surface area contributed by atoms with E-state index in [1.165, 1.54) is 5.48 Å². The van der Waals surface area contributed by atoms with Gasteiger partial charge in [0.05, 0.1) is 12.2 Å². The van der Waals surface area contributed by atoms with Crippen LogP contribution in [0.5, 0.6) is 0 Å². The zero-order chi connectivity index (χ0) is 12.4. The standard InChI is InChI=1S/C10H11ClN4O2/c1-6-10(12-5-9(16)14-17)13-8-4-2-3-7(11)15(6)8/h2-4,12,17H,5H2,1H3,(H,14,16). The number of hydrogen-bond donors (Lipinski definition) is 3. The first-order valence-corrected chi connectivity index (χ1v) is 5.31. The Morgan fingerprint density at radius 1 is 1.59 bits per heavy atom. The summed E-state index contributed by atoms with van der Waals surface area (Å²) in [6.07, 6.45) is 0. The maximum atomic E-state index is 10.9. The SMILES string of the molecule is Cc1c(NCC(=O)NO)nc2cccc(Cl)n12. The van der Waals surface area contributed by atoms with E-state index in [9.17, 15) is 4.79 Å². The molecule has 1 amide bonds. The van der Waals surface area contributed by atoms with Gasteiger partial charge in [-0.1, -0.05) is 17.7 Å². The quantitative estimate of drug-likeness (QED) is 0.437. The van der Waals surface area contributed by atoms with Crippen molar-refractivity contribution in [3.63, 3.8) is 0 Å². The van der Waals surface area contributed by atoms with E-state index in [1.807, 2.05) is 13.0 Å². The normalized spacial score (nSPS) is 10.5. The fourth-order valence-corrected chi connectivity index (χ4v) is 1.85. The summed E-state index contributed by atoms with van der Waals surface area (Å²) in [5.74, 6) is 0.0225. The summed E-state index contributed by atoms with van der Waals surface area (Å²) >= 11 is 6.04. The molecule has 0 aliphatic rings. The largest absolute Gasteiger partial charge is 0.359 e. The van der Waals surface area contributed by atoms with Crippen LogP contribution in [0.25, 0.3) is 5.65 Å². The van der Waals surface area contributed by atoms with Gasteiger partial charge in [-0.2, -0.15) is 0 Å². The highest BCUT2D eigenvalue weighted by atomic mass is 35.5. The molecule has 2 heterocycles. The lowest BCUT2D eigenvalue weighted by molar-refractivity contribution is -0.127. The third kappa shape index (κ3) is 2.17. The Morgan fingerprint density at radius 2 is 2.35 bits per heavy atom. The molecule has 2 aromatic heterocycles. The van der Waals surface area contributed by atoms with Crippen molar-refractivity contribution in [3.8, 4) is 0 Å². The van der Waals surface area contributed by atoms with Gasteiger partial charge in [-0.3, -0.25) is 14.4 Å². The molecule has 2 rings (SSSR count). The van der Waals surface area contributed by atoms with Crippen LogP contribution in [0.2, 0.25) is 5.15 Å². The second kappa shape index (κ2) is 4.60. The second-order valence-corrected chi connectivity index (χ2v) is 3.86. The number of aryl methyl sites for hydroxylation is 1. The monoisotopic (exact) mass is 254 g/mol. The second-order valence-electron chi connectivity index (χ2n) is 3.48. The number of rotatable bonds is 3. The Kier molecular flexibility index (Phi) is 3.16. The number of nitrogens with zero attached hydrogens (tertiary/aromatic N) is 2. The highest BCUT2D eigenvalue weighted by Crippen LogP contribution is 2.21. The lowest BCUT2D eigenvalue weighted by Gasteiger charge is -2.02. The minimum Gasteiger partial charge on any atom is -0.359 e. The summed E-state index contributed by atoms with van der Waals surface area (Å²) in [6.45, 7) is 1.78. The van der Waals surface area contributed by atoms with Gasteiger partial charge in [-0.25, -0.2) is 10.5 Å². The van der Waals surface area contributed by atoms with E-state index in [0.29, 0.717) is 16.6 Å². The molecule has 0 aromatic carbocycles. The van der Waals surface area contributed by atoms with Gasteiger partial charge in [0.1, 0.15) is 16.6 Å². The smallest absolute Gasteiger partial charge is 0.262 e. The molecule has 0 saturated carbocycles. The number of carbonyl (C=O) groups excluding carboxylic acids is 1. The fraction of sp³-hybridized carbons (Fsp3) is 0.200. The minimum atomic E-state index is -0.535. The number of hydroxylamine groups is 1. The summed E-state index contributed by atoms with van der Waals surface area (Å²) in [6, 6.07) is 5.37. The van der Waals surface area contributed by atoms with Gasteiger partial charge in [0, 0.05) is 0 Å². The first kappa shape index (κ1) is 11.7. The summed E-state index contributed by atoms with van der Waals surface area (Å²) in [4.78, 5) is 15.2. The third-order valence-corrected chi connectivity index (χ3v) is 2.66. The van der Waals surface area contributed by atoms with Crippen LogP contribution in [-0.2, 0) is 4.79 Å². The minimum absolute atomic E-state index is 0.0567. The predicted octanol–water partition coefficient (Wildman–Crippen LogP) is 1.21. The molecule has 7 heteroatoms. The van der Waals surface area contributed by atoms with Gasteiger partial charge in [-0.05, 0) is 19.1 Å². The van der Waals surface area contributed by atoms with E-state index < -0.39 is 5.91 Å². The first-order valence-electron chi connectivity index (χ1n) is 4.94. The number of amides is 1. The zero-order valence-electron chi connectivity index (χ0n) is 9.07. The van der Waals surface area contributed by atoms with Crippen LogP contribution in [0.15, 0.2) is 18.2 Å². The van der Waals surface area contributed by atoms with Crippen molar-refractivity contribution in [3.05, 3.63) is 29.0 Å². The molecule has 0 saturated heterocycles. The summed E-state index contributed by atoms with van der Waals surface area (Å²) in [5.41, 5.74) is 3.04. The summed E-state index contributed by atoms with van der Waals surface area (Å²) in [7, 11) is 0. The number of halogens is 1. The van der Waals surface area contributed by atoms with Crippen molar-refractivity contribution >= 4 is 29.0 Å². The van der Waals surface area contributed by atoms with E-state index in [2.05, 4.69) is 10.3 Å². The number of imidazole rings is 1. The van der Waals surface area contributed by atoms with Crippen LogP contribution in [-0.4, -0.2) is 27.0 Å². The average Bonchev–Trinajstić information content (AvgIpc) is 2.64. The molecule has 17 heavy (non-hydrogen) atoms. The maximum Gasteiger partial charge on any atom is 0.262 e. The van der Waals surface area contributed by atoms with Crippen molar-refractivity contribution in [2.75, 3.05) is 11.9 Å². The van der Waals surface area contributed by atoms with Crippen LogP contribution in [0, 0.1) is 6.92 Å².